The van der Waals surface area contributed by atoms with Crippen molar-refractivity contribution >= 4 is 21.6 Å². The Morgan fingerprint density at radius 1 is 1.25 bits per heavy atom. The van der Waals surface area contributed by atoms with Crippen molar-refractivity contribution in [1.82, 2.24) is 5.32 Å². The summed E-state index contributed by atoms with van der Waals surface area (Å²) in [6.45, 7) is 12.3. The van der Waals surface area contributed by atoms with Crippen molar-refractivity contribution in [1.29, 1.82) is 0 Å². The van der Waals surface area contributed by atoms with Crippen molar-refractivity contribution in [2.45, 2.75) is 52.6 Å². The van der Waals surface area contributed by atoms with Crippen LogP contribution in [0.2, 0.25) is 0 Å². The minimum absolute atomic E-state index is 0.154. The molecule has 1 heterocycles. The molecule has 20 heavy (non-hydrogen) atoms. The lowest BCUT2D eigenvalue weighted by Crippen LogP contribution is -2.37. The zero-order chi connectivity index (χ0) is 14.8. The normalized spacial score (nSPS) is 17.6. The number of rotatable bonds is 3. The van der Waals surface area contributed by atoms with E-state index in [4.69, 9.17) is 0 Å². The monoisotopic (exact) mass is 338 g/mol. The number of nitrogens with one attached hydrogen (secondary N) is 1. The Morgan fingerprint density at radius 2 is 1.90 bits per heavy atom. The number of hydrogen-bond donors (Lipinski definition) is 1. The number of anilines is 1. The van der Waals surface area contributed by atoms with Gasteiger partial charge in [-0.15, -0.1) is 0 Å². The molecule has 1 fully saturated rings. The molecule has 0 spiro atoms. The fraction of sp³-hybridized carbons (Fsp3) is 0.647. The Bertz CT molecular complexity index is 443. The van der Waals surface area contributed by atoms with E-state index >= 15 is 0 Å². The first-order chi connectivity index (χ1) is 9.35. The largest absolute Gasteiger partial charge is 0.371 e. The first-order valence-corrected chi connectivity index (χ1v) is 8.43. The smallest absolute Gasteiger partial charge is 0.0423 e. The van der Waals surface area contributed by atoms with Gasteiger partial charge >= 0.3 is 0 Å². The van der Waals surface area contributed by atoms with Gasteiger partial charge in [-0.25, -0.2) is 0 Å². The van der Waals surface area contributed by atoms with Crippen LogP contribution in [-0.4, -0.2) is 18.6 Å². The number of halogens is 1. The molecule has 3 heteroatoms. The lowest BCUT2D eigenvalue weighted by Gasteiger charge is -2.34. The van der Waals surface area contributed by atoms with Crippen LogP contribution in [0.5, 0.6) is 0 Å². The molecular formula is C17H27BrN2. The van der Waals surface area contributed by atoms with E-state index in [2.05, 4.69) is 72.0 Å². The molecule has 0 saturated carbocycles. The molecule has 0 amide bonds. The van der Waals surface area contributed by atoms with Crippen LogP contribution in [0, 0.1) is 5.92 Å². The van der Waals surface area contributed by atoms with Gasteiger partial charge in [0.05, 0.1) is 0 Å². The predicted octanol–water partition coefficient (Wildman–Crippen LogP) is 4.57. The van der Waals surface area contributed by atoms with Crippen molar-refractivity contribution in [3.05, 3.63) is 28.2 Å². The molecule has 112 valence electrons. The highest BCUT2D eigenvalue weighted by molar-refractivity contribution is 9.10. The zero-order valence-corrected chi connectivity index (χ0v) is 14.8. The van der Waals surface area contributed by atoms with Gasteiger partial charge < -0.3 is 10.2 Å². The molecule has 1 aromatic rings. The van der Waals surface area contributed by atoms with Gasteiger partial charge in [0.2, 0.25) is 0 Å². The second kappa shape index (κ2) is 6.48. The summed E-state index contributed by atoms with van der Waals surface area (Å²) >= 11 is 3.62. The van der Waals surface area contributed by atoms with Crippen molar-refractivity contribution in [3.8, 4) is 0 Å². The molecule has 1 aromatic carbocycles. The lowest BCUT2D eigenvalue weighted by molar-refractivity contribution is 0.420. The number of hydrogen-bond acceptors (Lipinski definition) is 2. The Hall–Kier alpha value is -0.540. The fourth-order valence-corrected chi connectivity index (χ4v) is 2.94. The highest BCUT2D eigenvalue weighted by Crippen LogP contribution is 2.29. The molecular weight excluding hydrogens is 312 g/mol. The van der Waals surface area contributed by atoms with E-state index in [-0.39, 0.29) is 5.54 Å². The summed E-state index contributed by atoms with van der Waals surface area (Å²) in [7, 11) is 0. The molecule has 0 bridgehead atoms. The van der Waals surface area contributed by atoms with E-state index in [0.29, 0.717) is 0 Å². The van der Waals surface area contributed by atoms with Crippen LogP contribution in [0.15, 0.2) is 22.7 Å². The standard InChI is InChI=1S/C17H27BrN2/c1-13-7-9-20(10-8-13)16-11-15(18)6-5-14(16)12-19-17(2,3)4/h5-6,11,13,19H,7-10,12H2,1-4H3. The maximum Gasteiger partial charge on any atom is 0.0423 e. The van der Waals surface area contributed by atoms with Crippen molar-refractivity contribution in [2.75, 3.05) is 18.0 Å². The van der Waals surface area contributed by atoms with Gasteiger partial charge in [-0.1, -0.05) is 28.9 Å². The number of piperidine rings is 1. The zero-order valence-electron chi connectivity index (χ0n) is 13.2. The van der Waals surface area contributed by atoms with E-state index in [1.807, 2.05) is 0 Å². The summed E-state index contributed by atoms with van der Waals surface area (Å²) in [5.74, 6) is 0.870. The predicted molar refractivity (Wildman–Crippen MR) is 91.3 cm³/mol. The summed E-state index contributed by atoms with van der Waals surface area (Å²) in [6.07, 6.45) is 2.61. The van der Waals surface area contributed by atoms with E-state index in [9.17, 15) is 0 Å². The van der Waals surface area contributed by atoms with E-state index in [0.717, 1.165) is 12.5 Å². The molecule has 0 unspecified atom stereocenters. The van der Waals surface area contributed by atoms with Gasteiger partial charge in [0, 0.05) is 35.3 Å². The second-order valence-electron chi connectivity index (χ2n) is 7.05. The van der Waals surface area contributed by atoms with E-state index < -0.39 is 0 Å². The van der Waals surface area contributed by atoms with Crippen LogP contribution < -0.4 is 10.2 Å². The van der Waals surface area contributed by atoms with Crippen molar-refractivity contribution in [2.24, 2.45) is 5.92 Å². The average molecular weight is 339 g/mol. The van der Waals surface area contributed by atoms with Crippen LogP contribution in [-0.2, 0) is 6.54 Å². The van der Waals surface area contributed by atoms with Gasteiger partial charge in [-0.05, 0) is 57.2 Å². The molecule has 1 aliphatic rings. The lowest BCUT2D eigenvalue weighted by atomic mass is 9.98. The topological polar surface area (TPSA) is 15.3 Å². The number of benzene rings is 1. The number of nitrogens with zero attached hydrogens (tertiary/aromatic N) is 1. The van der Waals surface area contributed by atoms with Crippen LogP contribution in [0.4, 0.5) is 5.69 Å². The van der Waals surface area contributed by atoms with Crippen LogP contribution in [0.1, 0.15) is 46.1 Å². The molecule has 0 radical (unpaired) electrons. The summed E-state index contributed by atoms with van der Waals surface area (Å²) in [5, 5.41) is 3.60. The Labute approximate surface area is 132 Å². The summed E-state index contributed by atoms with van der Waals surface area (Å²) in [4.78, 5) is 2.55. The first kappa shape index (κ1) is 15.8. The maximum absolute atomic E-state index is 3.62. The van der Waals surface area contributed by atoms with Gasteiger partial charge in [0.15, 0.2) is 0 Å². The highest BCUT2D eigenvalue weighted by Gasteiger charge is 2.19. The molecule has 2 nitrogen and oxygen atoms in total. The van der Waals surface area contributed by atoms with Crippen LogP contribution >= 0.6 is 15.9 Å². The summed E-state index contributed by atoms with van der Waals surface area (Å²) < 4.78 is 1.17. The maximum atomic E-state index is 3.62. The summed E-state index contributed by atoms with van der Waals surface area (Å²) in [5.41, 5.74) is 2.95. The van der Waals surface area contributed by atoms with Gasteiger partial charge in [0.25, 0.3) is 0 Å². The molecule has 2 rings (SSSR count). The molecule has 1 N–H and O–H groups in total. The Morgan fingerprint density at radius 3 is 2.50 bits per heavy atom. The molecule has 0 aliphatic carbocycles. The SMILES string of the molecule is CC1CCN(c2cc(Br)ccc2CNC(C)(C)C)CC1. The molecule has 1 saturated heterocycles. The minimum atomic E-state index is 0.154. The third kappa shape index (κ3) is 4.49. The Kier molecular flexibility index (Phi) is 5.14. The highest BCUT2D eigenvalue weighted by atomic mass is 79.9. The van der Waals surface area contributed by atoms with E-state index in [1.165, 1.54) is 41.7 Å². The third-order valence-electron chi connectivity index (χ3n) is 3.98. The van der Waals surface area contributed by atoms with Crippen molar-refractivity contribution in [3.63, 3.8) is 0 Å². The quantitative estimate of drug-likeness (QED) is 0.868. The minimum Gasteiger partial charge on any atom is -0.371 e. The van der Waals surface area contributed by atoms with Gasteiger partial charge in [0.1, 0.15) is 0 Å². The second-order valence-corrected chi connectivity index (χ2v) is 7.96. The molecule has 0 aromatic heterocycles. The van der Waals surface area contributed by atoms with Gasteiger partial charge in [-0.3, -0.25) is 0 Å². The van der Waals surface area contributed by atoms with Crippen LogP contribution in [0.3, 0.4) is 0 Å². The summed E-state index contributed by atoms with van der Waals surface area (Å²) in [6, 6.07) is 6.67. The molecule has 1 aliphatic heterocycles. The fourth-order valence-electron chi connectivity index (χ4n) is 2.59. The Balaban J connectivity index is 2.15. The molecule has 0 atom stereocenters. The van der Waals surface area contributed by atoms with Crippen LogP contribution in [0.25, 0.3) is 0 Å². The van der Waals surface area contributed by atoms with Gasteiger partial charge in [-0.2, -0.15) is 0 Å². The van der Waals surface area contributed by atoms with E-state index in [1.54, 1.807) is 0 Å². The first-order valence-electron chi connectivity index (χ1n) is 7.63. The van der Waals surface area contributed by atoms with Crippen molar-refractivity contribution < 1.29 is 0 Å². The third-order valence-corrected chi connectivity index (χ3v) is 4.47. The average Bonchev–Trinajstić information content (AvgIpc) is 2.37.